The Hall–Kier alpha value is -1.84. The van der Waals surface area contributed by atoms with Crippen LogP contribution in [0.15, 0.2) is 0 Å². The maximum atomic E-state index is 11.4. The molecule has 0 saturated heterocycles. The first-order valence-corrected chi connectivity index (χ1v) is 6.51. The van der Waals surface area contributed by atoms with Gasteiger partial charge in [0.1, 0.15) is 6.04 Å². The third-order valence-electron chi connectivity index (χ3n) is 2.01. The van der Waals surface area contributed by atoms with Crippen LogP contribution in [0.3, 0.4) is 0 Å². The third kappa shape index (κ3) is 4.99. The van der Waals surface area contributed by atoms with Crippen LogP contribution in [0.25, 0.3) is 0 Å². The SMILES string of the molecule is CSCC[C@@H](NC(=O)NCc1nn[nH]n1)C(=O)O. The van der Waals surface area contributed by atoms with Gasteiger partial charge in [0.25, 0.3) is 0 Å². The molecule has 10 heteroatoms. The minimum absolute atomic E-state index is 0.0806. The Morgan fingerprint density at radius 1 is 1.56 bits per heavy atom. The summed E-state index contributed by atoms with van der Waals surface area (Å²) in [5.74, 6) is -0.0814. The Bertz CT molecular complexity index is 384. The monoisotopic (exact) mass is 274 g/mol. The summed E-state index contributed by atoms with van der Waals surface area (Å²) in [6, 6.07) is -1.48. The van der Waals surface area contributed by atoms with E-state index in [4.69, 9.17) is 5.11 Å². The fourth-order valence-electron chi connectivity index (χ4n) is 1.12. The van der Waals surface area contributed by atoms with Crippen LogP contribution in [-0.4, -0.2) is 55.8 Å². The number of thioether (sulfide) groups is 1. The van der Waals surface area contributed by atoms with Gasteiger partial charge in [-0.15, -0.1) is 10.2 Å². The summed E-state index contributed by atoms with van der Waals surface area (Å²) in [6.07, 6.45) is 2.24. The number of aromatic amines is 1. The summed E-state index contributed by atoms with van der Waals surface area (Å²) in [7, 11) is 0. The predicted molar refractivity (Wildman–Crippen MR) is 64.0 cm³/mol. The van der Waals surface area contributed by atoms with Gasteiger partial charge >= 0.3 is 12.0 Å². The van der Waals surface area contributed by atoms with E-state index in [2.05, 4.69) is 31.3 Å². The van der Waals surface area contributed by atoms with Gasteiger partial charge in [-0.25, -0.2) is 9.59 Å². The lowest BCUT2D eigenvalue weighted by molar-refractivity contribution is -0.139. The molecule has 1 heterocycles. The van der Waals surface area contributed by atoms with Crippen molar-refractivity contribution >= 4 is 23.8 Å². The van der Waals surface area contributed by atoms with E-state index >= 15 is 0 Å². The van der Waals surface area contributed by atoms with Crippen LogP contribution >= 0.6 is 11.8 Å². The fraction of sp³-hybridized carbons (Fsp3) is 0.625. The first-order valence-electron chi connectivity index (χ1n) is 5.12. The minimum atomic E-state index is -1.06. The number of carboxylic acid groups (broad SMARTS) is 1. The van der Waals surface area contributed by atoms with Crippen molar-refractivity contribution in [2.75, 3.05) is 12.0 Å². The van der Waals surface area contributed by atoms with Gasteiger partial charge in [-0.2, -0.15) is 17.0 Å². The lowest BCUT2D eigenvalue weighted by atomic mass is 10.2. The summed E-state index contributed by atoms with van der Waals surface area (Å²) < 4.78 is 0. The molecule has 0 aromatic carbocycles. The second-order valence-corrected chi connectivity index (χ2v) is 4.31. The fourth-order valence-corrected chi connectivity index (χ4v) is 1.59. The standard InChI is InChI=1S/C8H14N6O3S/c1-18-3-2-5(7(15)16)10-8(17)9-4-6-11-13-14-12-6/h5H,2-4H2,1H3,(H,15,16)(H2,9,10,17)(H,11,12,13,14)/t5-/m1/s1. The van der Waals surface area contributed by atoms with Gasteiger partial charge in [-0.3, -0.25) is 0 Å². The topological polar surface area (TPSA) is 133 Å². The number of aromatic nitrogens is 4. The number of carboxylic acids is 1. The largest absolute Gasteiger partial charge is 0.480 e. The number of urea groups is 1. The summed E-state index contributed by atoms with van der Waals surface area (Å²) in [5, 5.41) is 26.6. The average molecular weight is 274 g/mol. The first-order chi connectivity index (χ1) is 8.63. The molecule has 0 fully saturated rings. The van der Waals surface area contributed by atoms with Crippen LogP contribution in [0.1, 0.15) is 12.2 Å². The van der Waals surface area contributed by atoms with E-state index < -0.39 is 18.0 Å². The average Bonchev–Trinajstić information content (AvgIpc) is 2.84. The number of H-pyrrole nitrogens is 1. The number of carbonyl (C=O) groups excluding carboxylic acids is 1. The first kappa shape index (κ1) is 14.2. The van der Waals surface area contributed by atoms with Crippen LogP contribution in [-0.2, 0) is 11.3 Å². The highest BCUT2D eigenvalue weighted by molar-refractivity contribution is 7.98. The highest BCUT2D eigenvalue weighted by Crippen LogP contribution is 2.00. The maximum Gasteiger partial charge on any atom is 0.326 e. The van der Waals surface area contributed by atoms with Gasteiger partial charge in [0.05, 0.1) is 6.54 Å². The van der Waals surface area contributed by atoms with Crippen LogP contribution in [0.5, 0.6) is 0 Å². The van der Waals surface area contributed by atoms with E-state index in [-0.39, 0.29) is 6.54 Å². The Morgan fingerprint density at radius 3 is 2.89 bits per heavy atom. The lowest BCUT2D eigenvalue weighted by Gasteiger charge is -2.13. The molecule has 18 heavy (non-hydrogen) atoms. The lowest BCUT2D eigenvalue weighted by Crippen LogP contribution is -2.46. The van der Waals surface area contributed by atoms with E-state index in [1.165, 1.54) is 11.8 Å². The number of amides is 2. The predicted octanol–water partition coefficient (Wildman–Crippen LogP) is -0.795. The molecule has 1 aromatic heterocycles. The molecule has 0 spiro atoms. The number of nitrogens with one attached hydrogen (secondary N) is 3. The van der Waals surface area contributed by atoms with Crippen molar-refractivity contribution in [3.8, 4) is 0 Å². The van der Waals surface area contributed by atoms with E-state index in [1.54, 1.807) is 0 Å². The number of aliphatic carboxylic acids is 1. The summed E-state index contributed by atoms with van der Waals surface area (Å²) >= 11 is 1.52. The van der Waals surface area contributed by atoms with Crippen molar-refractivity contribution in [2.24, 2.45) is 0 Å². The number of carbonyl (C=O) groups is 2. The number of hydrogen-bond donors (Lipinski definition) is 4. The zero-order valence-corrected chi connectivity index (χ0v) is 10.5. The summed E-state index contributed by atoms with van der Waals surface area (Å²) in [5.41, 5.74) is 0. The van der Waals surface area contributed by atoms with Gasteiger partial charge in [0.2, 0.25) is 0 Å². The quantitative estimate of drug-likeness (QED) is 0.511. The van der Waals surface area contributed by atoms with Crippen molar-refractivity contribution < 1.29 is 14.7 Å². The van der Waals surface area contributed by atoms with Gasteiger partial charge in [0, 0.05) is 0 Å². The zero-order chi connectivity index (χ0) is 13.4. The highest BCUT2D eigenvalue weighted by Gasteiger charge is 2.19. The van der Waals surface area contributed by atoms with E-state index in [0.29, 0.717) is 18.0 Å². The van der Waals surface area contributed by atoms with Gasteiger partial charge in [-0.05, 0) is 18.4 Å². The van der Waals surface area contributed by atoms with Crippen LogP contribution < -0.4 is 10.6 Å². The van der Waals surface area contributed by atoms with E-state index in [1.807, 2.05) is 6.26 Å². The highest BCUT2D eigenvalue weighted by atomic mass is 32.2. The summed E-state index contributed by atoms with van der Waals surface area (Å²) in [6.45, 7) is 0.0806. The normalized spacial score (nSPS) is 11.8. The molecule has 0 aliphatic carbocycles. The molecule has 2 amide bonds. The van der Waals surface area contributed by atoms with Crippen molar-refractivity contribution in [3.63, 3.8) is 0 Å². The van der Waals surface area contributed by atoms with Crippen LogP contribution in [0.2, 0.25) is 0 Å². The van der Waals surface area contributed by atoms with Crippen LogP contribution in [0.4, 0.5) is 4.79 Å². The number of rotatable bonds is 7. The molecule has 1 atom stereocenters. The van der Waals surface area contributed by atoms with Gasteiger partial charge in [-0.1, -0.05) is 5.21 Å². The second-order valence-electron chi connectivity index (χ2n) is 3.33. The third-order valence-corrected chi connectivity index (χ3v) is 2.65. The van der Waals surface area contributed by atoms with Crippen molar-refractivity contribution in [1.29, 1.82) is 0 Å². The van der Waals surface area contributed by atoms with Crippen molar-refractivity contribution in [3.05, 3.63) is 5.82 Å². The maximum absolute atomic E-state index is 11.4. The minimum Gasteiger partial charge on any atom is -0.480 e. The zero-order valence-electron chi connectivity index (χ0n) is 9.71. The van der Waals surface area contributed by atoms with Crippen LogP contribution in [0, 0.1) is 0 Å². The molecule has 1 aromatic rings. The molecule has 0 aliphatic heterocycles. The smallest absolute Gasteiger partial charge is 0.326 e. The van der Waals surface area contributed by atoms with E-state index in [9.17, 15) is 9.59 Å². The Labute approximate surface area is 107 Å². The molecule has 1 rings (SSSR count). The number of tetrazole rings is 1. The molecule has 0 unspecified atom stereocenters. The van der Waals surface area contributed by atoms with Gasteiger partial charge in [0.15, 0.2) is 5.82 Å². The molecule has 0 saturated carbocycles. The Morgan fingerprint density at radius 2 is 2.33 bits per heavy atom. The second kappa shape index (κ2) is 7.48. The molecule has 0 radical (unpaired) electrons. The van der Waals surface area contributed by atoms with E-state index in [0.717, 1.165) is 0 Å². The molecule has 4 N–H and O–H groups in total. The Balaban J connectivity index is 2.34. The molecule has 0 bridgehead atoms. The molecular formula is C8H14N6O3S. The summed E-state index contributed by atoms with van der Waals surface area (Å²) in [4.78, 5) is 22.3. The van der Waals surface area contributed by atoms with Crippen molar-refractivity contribution in [2.45, 2.75) is 19.0 Å². The molecular weight excluding hydrogens is 260 g/mol. The molecule has 100 valence electrons. The molecule has 9 nitrogen and oxygen atoms in total. The van der Waals surface area contributed by atoms with Gasteiger partial charge < -0.3 is 15.7 Å². The molecule has 0 aliphatic rings. The number of hydrogen-bond acceptors (Lipinski definition) is 6. The number of nitrogens with zero attached hydrogens (tertiary/aromatic N) is 3. The Kier molecular flexibility index (Phi) is 5.91. The van der Waals surface area contributed by atoms with Crippen molar-refractivity contribution in [1.82, 2.24) is 31.3 Å².